The average Bonchev–Trinajstić information content (AvgIpc) is 3.03. The lowest BCUT2D eigenvalue weighted by atomic mass is 10.2. The van der Waals surface area contributed by atoms with Crippen molar-refractivity contribution in [2.24, 2.45) is 0 Å². The Hall–Kier alpha value is -1.62. The highest BCUT2D eigenvalue weighted by atomic mass is 32.2. The quantitative estimate of drug-likeness (QED) is 0.641. The fourth-order valence-corrected chi connectivity index (χ4v) is 5.93. The maximum Gasteiger partial charge on any atom is 0.241 e. The monoisotopic (exact) mass is 468 g/mol. The van der Waals surface area contributed by atoms with Gasteiger partial charge >= 0.3 is 0 Å². The summed E-state index contributed by atoms with van der Waals surface area (Å²) in [6, 6.07) is 7.43. The topological polar surface area (TPSA) is 82.6 Å². The zero-order valence-electron chi connectivity index (χ0n) is 17.3. The number of anilines is 1. The molecule has 7 nitrogen and oxygen atoms in total. The van der Waals surface area contributed by atoms with E-state index >= 15 is 0 Å². The molecule has 2 aromatic rings. The van der Waals surface area contributed by atoms with Crippen molar-refractivity contribution in [1.82, 2.24) is 14.6 Å². The molecule has 164 valence electrons. The molecular weight excluding hydrogens is 440 g/mol. The zero-order chi connectivity index (χ0) is 21.6. The molecule has 1 aliphatic heterocycles. The van der Waals surface area contributed by atoms with E-state index in [-0.39, 0.29) is 10.8 Å². The molecule has 1 fully saturated rings. The zero-order valence-corrected chi connectivity index (χ0v) is 19.7. The minimum atomic E-state index is -3.76. The van der Waals surface area contributed by atoms with Crippen LogP contribution in [-0.4, -0.2) is 68.4 Å². The van der Waals surface area contributed by atoms with Gasteiger partial charge in [-0.3, -0.25) is 4.79 Å². The van der Waals surface area contributed by atoms with Crippen molar-refractivity contribution >= 4 is 44.2 Å². The fourth-order valence-electron chi connectivity index (χ4n) is 3.36. The summed E-state index contributed by atoms with van der Waals surface area (Å²) < 4.78 is 28.2. The molecule has 30 heavy (non-hydrogen) atoms. The van der Waals surface area contributed by atoms with Crippen molar-refractivity contribution in [1.29, 1.82) is 0 Å². The first-order chi connectivity index (χ1) is 14.4. The number of nitrogens with zero attached hydrogens (tertiary/aromatic N) is 3. The standard InChI is InChI=1S/C20H28N4O3S3/c1-16-15-29-20(21-16)24-11-6-10-23(12-13-24)19(25)18(9-14-28-2)22-30(26,27)17-7-4-3-5-8-17/h3-5,7-8,15,18,22H,6,9-14H2,1-2H3. The third-order valence-electron chi connectivity index (χ3n) is 4.94. The minimum Gasteiger partial charge on any atom is -0.346 e. The minimum absolute atomic E-state index is 0.152. The Bertz CT molecular complexity index is 934. The molecule has 0 bridgehead atoms. The van der Waals surface area contributed by atoms with Crippen LogP contribution in [0.5, 0.6) is 0 Å². The van der Waals surface area contributed by atoms with E-state index < -0.39 is 16.1 Å². The molecule has 1 aromatic heterocycles. The lowest BCUT2D eigenvalue weighted by molar-refractivity contribution is -0.132. The Morgan fingerprint density at radius 3 is 2.67 bits per heavy atom. The predicted molar refractivity (Wildman–Crippen MR) is 124 cm³/mol. The van der Waals surface area contributed by atoms with Crippen LogP contribution in [0.25, 0.3) is 0 Å². The van der Waals surface area contributed by atoms with Gasteiger partial charge in [-0.05, 0) is 43.9 Å². The second-order valence-electron chi connectivity index (χ2n) is 7.21. The molecule has 1 atom stereocenters. The van der Waals surface area contributed by atoms with Crippen LogP contribution in [0.15, 0.2) is 40.6 Å². The van der Waals surface area contributed by atoms with Crippen molar-refractivity contribution in [3.8, 4) is 0 Å². The first-order valence-electron chi connectivity index (χ1n) is 9.93. The van der Waals surface area contributed by atoms with Gasteiger partial charge < -0.3 is 9.80 Å². The third kappa shape index (κ3) is 5.96. The van der Waals surface area contributed by atoms with E-state index in [4.69, 9.17) is 0 Å². The molecule has 3 rings (SSSR count). The second kappa shape index (κ2) is 10.6. The van der Waals surface area contributed by atoms with Crippen molar-refractivity contribution in [2.45, 2.75) is 30.7 Å². The number of carbonyl (C=O) groups excluding carboxylic acids is 1. The van der Waals surface area contributed by atoms with Gasteiger partial charge in [0.2, 0.25) is 15.9 Å². The smallest absolute Gasteiger partial charge is 0.241 e. The molecule has 0 spiro atoms. The number of aryl methyl sites for hydroxylation is 1. The molecule has 1 aromatic carbocycles. The molecule has 1 amide bonds. The Balaban J connectivity index is 1.70. The average molecular weight is 469 g/mol. The van der Waals surface area contributed by atoms with E-state index in [1.54, 1.807) is 46.2 Å². The van der Waals surface area contributed by atoms with E-state index in [2.05, 4.69) is 14.6 Å². The Morgan fingerprint density at radius 2 is 2.00 bits per heavy atom. The molecule has 1 saturated heterocycles. The van der Waals surface area contributed by atoms with Crippen LogP contribution >= 0.6 is 23.1 Å². The number of amides is 1. The number of rotatable bonds is 8. The van der Waals surface area contributed by atoms with Crippen molar-refractivity contribution in [3.05, 3.63) is 41.4 Å². The van der Waals surface area contributed by atoms with E-state index in [1.165, 1.54) is 12.1 Å². The predicted octanol–water partition coefficient (Wildman–Crippen LogP) is 2.59. The molecule has 2 heterocycles. The van der Waals surface area contributed by atoms with Gasteiger partial charge in [0.25, 0.3) is 0 Å². The SMILES string of the molecule is CSCCC(NS(=O)(=O)c1ccccc1)C(=O)N1CCCN(c2nc(C)cs2)CC1. The summed E-state index contributed by atoms with van der Waals surface area (Å²) in [5.41, 5.74) is 1.000. The number of nitrogens with one attached hydrogen (secondary N) is 1. The molecule has 1 unspecified atom stereocenters. The molecule has 1 aliphatic rings. The number of hydrogen-bond acceptors (Lipinski definition) is 7. The van der Waals surface area contributed by atoms with Gasteiger partial charge in [-0.2, -0.15) is 16.5 Å². The summed E-state index contributed by atoms with van der Waals surface area (Å²) in [4.78, 5) is 22.0. The van der Waals surface area contributed by atoms with Gasteiger partial charge in [-0.25, -0.2) is 13.4 Å². The normalized spacial score (nSPS) is 16.3. The lowest BCUT2D eigenvalue weighted by Crippen LogP contribution is -2.49. The highest BCUT2D eigenvalue weighted by Crippen LogP contribution is 2.22. The van der Waals surface area contributed by atoms with Crippen LogP contribution in [0.3, 0.4) is 0 Å². The number of thioether (sulfide) groups is 1. The summed E-state index contributed by atoms with van der Waals surface area (Å²) in [7, 11) is -3.76. The largest absolute Gasteiger partial charge is 0.346 e. The summed E-state index contributed by atoms with van der Waals surface area (Å²) in [6.45, 7) is 4.67. The molecule has 0 aliphatic carbocycles. The first kappa shape index (κ1) is 23.1. The number of benzene rings is 1. The summed E-state index contributed by atoms with van der Waals surface area (Å²) in [6.07, 6.45) is 3.23. The molecule has 10 heteroatoms. The van der Waals surface area contributed by atoms with Gasteiger partial charge in [-0.15, -0.1) is 11.3 Å². The van der Waals surface area contributed by atoms with Gasteiger partial charge in [0.1, 0.15) is 6.04 Å². The number of carbonyl (C=O) groups is 1. The van der Waals surface area contributed by atoms with E-state index in [0.717, 1.165) is 23.8 Å². The van der Waals surface area contributed by atoms with Crippen LogP contribution in [-0.2, 0) is 14.8 Å². The third-order valence-corrected chi connectivity index (χ3v) is 8.10. The summed E-state index contributed by atoms with van der Waals surface area (Å²) in [5, 5.41) is 3.01. The van der Waals surface area contributed by atoms with Crippen molar-refractivity contribution in [3.63, 3.8) is 0 Å². The van der Waals surface area contributed by atoms with Gasteiger partial charge in [-0.1, -0.05) is 18.2 Å². The van der Waals surface area contributed by atoms with Crippen LogP contribution in [0.1, 0.15) is 18.5 Å². The Kier molecular flexibility index (Phi) is 8.15. The van der Waals surface area contributed by atoms with Crippen molar-refractivity contribution in [2.75, 3.05) is 43.1 Å². The highest BCUT2D eigenvalue weighted by molar-refractivity contribution is 7.98. The number of hydrogen-bond donors (Lipinski definition) is 1. The van der Waals surface area contributed by atoms with E-state index in [0.29, 0.717) is 31.8 Å². The summed E-state index contributed by atoms with van der Waals surface area (Å²) >= 11 is 3.21. The Labute approximate surface area is 186 Å². The maximum atomic E-state index is 13.3. The van der Waals surface area contributed by atoms with Gasteiger partial charge in [0.15, 0.2) is 5.13 Å². The molecular formula is C20H28N4O3S3. The molecule has 1 N–H and O–H groups in total. The molecule has 0 saturated carbocycles. The second-order valence-corrected chi connectivity index (χ2v) is 10.7. The number of aromatic nitrogens is 1. The van der Waals surface area contributed by atoms with Gasteiger partial charge in [0, 0.05) is 31.6 Å². The van der Waals surface area contributed by atoms with Crippen LogP contribution in [0.4, 0.5) is 5.13 Å². The highest BCUT2D eigenvalue weighted by Gasteiger charge is 2.30. The maximum absolute atomic E-state index is 13.3. The van der Waals surface area contributed by atoms with Gasteiger partial charge in [0.05, 0.1) is 10.6 Å². The number of thiazole rings is 1. The van der Waals surface area contributed by atoms with Crippen molar-refractivity contribution < 1.29 is 13.2 Å². The van der Waals surface area contributed by atoms with Crippen LogP contribution in [0, 0.1) is 6.92 Å². The Morgan fingerprint density at radius 1 is 1.23 bits per heavy atom. The van der Waals surface area contributed by atoms with Crippen LogP contribution in [0.2, 0.25) is 0 Å². The summed E-state index contributed by atoms with van der Waals surface area (Å²) in [5.74, 6) is 0.548. The lowest BCUT2D eigenvalue weighted by Gasteiger charge is -2.27. The van der Waals surface area contributed by atoms with E-state index in [9.17, 15) is 13.2 Å². The van der Waals surface area contributed by atoms with E-state index in [1.807, 2.05) is 18.6 Å². The fraction of sp³-hybridized carbons (Fsp3) is 0.500. The van der Waals surface area contributed by atoms with Crippen LogP contribution < -0.4 is 9.62 Å². The number of sulfonamides is 1. The first-order valence-corrected chi connectivity index (χ1v) is 13.7. The molecule has 0 radical (unpaired) electrons.